The molecule has 1 aromatic carbocycles. The van der Waals surface area contributed by atoms with Gasteiger partial charge in [0.05, 0.1) is 10.6 Å². The van der Waals surface area contributed by atoms with Gasteiger partial charge in [0.1, 0.15) is 5.69 Å². The molecule has 0 bridgehead atoms. The highest BCUT2D eigenvalue weighted by Gasteiger charge is 2.12. The van der Waals surface area contributed by atoms with Crippen LogP contribution in [0.5, 0.6) is 0 Å². The molecule has 2 aromatic heterocycles. The molecule has 0 unspecified atom stereocenters. The standard InChI is InChI=1S/C18H15NO3S2/c1-24(21,22)15-9-7-13(8-10-15)16-5-2-6-17(19-16)18(20)12-14-4-3-11-23-14/h2-11H,12H2,1H3. The summed E-state index contributed by atoms with van der Waals surface area (Å²) in [6.45, 7) is 0. The molecule has 6 heteroatoms. The largest absolute Gasteiger partial charge is 0.292 e. The van der Waals surface area contributed by atoms with E-state index in [1.807, 2.05) is 17.5 Å². The molecule has 3 aromatic rings. The number of hydrogen-bond acceptors (Lipinski definition) is 5. The minimum absolute atomic E-state index is 0.0351. The molecule has 0 saturated carbocycles. The lowest BCUT2D eigenvalue weighted by Gasteiger charge is -2.05. The topological polar surface area (TPSA) is 64.1 Å². The summed E-state index contributed by atoms with van der Waals surface area (Å²) < 4.78 is 23.0. The Labute approximate surface area is 144 Å². The first-order valence-corrected chi connectivity index (χ1v) is 10.0. The molecular formula is C18H15NO3S2. The monoisotopic (exact) mass is 357 g/mol. The first kappa shape index (κ1) is 16.5. The van der Waals surface area contributed by atoms with Crippen molar-refractivity contribution in [3.05, 3.63) is 70.5 Å². The van der Waals surface area contributed by atoms with E-state index >= 15 is 0 Å². The van der Waals surface area contributed by atoms with Crippen LogP contribution in [0.1, 0.15) is 15.4 Å². The summed E-state index contributed by atoms with van der Waals surface area (Å²) in [6, 6.07) is 15.6. The van der Waals surface area contributed by atoms with Gasteiger partial charge in [-0.15, -0.1) is 11.3 Å². The summed E-state index contributed by atoms with van der Waals surface area (Å²) in [6.07, 6.45) is 1.51. The van der Waals surface area contributed by atoms with E-state index in [0.29, 0.717) is 17.8 Å². The molecular weight excluding hydrogens is 342 g/mol. The predicted molar refractivity (Wildman–Crippen MR) is 95.1 cm³/mol. The summed E-state index contributed by atoms with van der Waals surface area (Å²) in [4.78, 5) is 18.0. The number of carbonyl (C=O) groups excluding carboxylic acids is 1. The van der Waals surface area contributed by atoms with E-state index in [-0.39, 0.29) is 10.7 Å². The highest BCUT2D eigenvalue weighted by atomic mass is 32.2. The molecule has 0 amide bonds. The van der Waals surface area contributed by atoms with Gasteiger partial charge in [-0.25, -0.2) is 13.4 Å². The Kier molecular flexibility index (Phi) is 4.59. The number of benzene rings is 1. The van der Waals surface area contributed by atoms with E-state index in [1.54, 1.807) is 53.8 Å². The van der Waals surface area contributed by atoms with Crippen molar-refractivity contribution in [3.63, 3.8) is 0 Å². The van der Waals surface area contributed by atoms with Crippen LogP contribution in [0.4, 0.5) is 0 Å². The minimum atomic E-state index is -3.23. The maximum atomic E-state index is 12.3. The van der Waals surface area contributed by atoms with E-state index in [9.17, 15) is 13.2 Å². The maximum Gasteiger partial charge on any atom is 0.186 e. The van der Waals surface area contributed by atoms with E-state index in [0.717, 1.165) is 10.4 Å². The minimum Gasteiger partial charge on any atom is -0.292 e. The Bertz CT molecular complexity index is 960. The number of ketones is 1. The van der Waals surface area contributed by atoms with Gasteiger partial charge in [-0.1, -0.05) is 24.3 Å². The van der Waals surface area contributed by atoms with Gasteiger partial charge in [0, 0.05) is 23.1 Å². The van der Waals surface area contributed by atoms with Gasteiger partial charge in [0.2, 0.25) is 0 Å². The summed E-state index contributed by atoms with van der Waals surface area (Å²) in [5, 5.41) is 1.94. The highest BCUT2D eigenvalue weighted by molar-refractivity contribution is 7.90. The second-order valence-electron chi connectivity index (χ2n) is 5.38. The SMILES string of the molecule is CS(=O)(=O)c1ccc(-c2cccc(C(=O)Cc3cccs3)n2)cc1. The number of thiophene rings is 1. The van der Waals surface area contributed by atoms with Gasteiger partial charge in [-0.3, -0.25) is 4.79 Å². The lowest BCUT2D eigenvalue weighted by Crippen LogP contribution is -2.05. The molecule has 0 aliphatic heterocycles. The normalized spacial score (nSPS) is 11.4. The third-order valence-electron chi connectivity index (χ3n) is 3.53. The lowest BCUT2D eigenvalue weighted by atomic mass is 10.1. The number of sulfone groups is 1. The van der Waals surface area contributed by atoms with Crippen molar-refractivity contribution in [2.45, 2.75) is 11.3 Å². The zero-order chi connectivity index (χ0) is 17.2. The Morgan fingerprint density at radius 2 is 1.79 bits per heavy atom. The van der Waals surface area contributed by atoms with E-state index < -0.39 is 9.84 Å². The van der Waals surface area contributed by atoms with Crippen LogP contribution in [0.15, 0.2) is 64.9 Å². The van der Waals surface area contributed by atoms with Crippen LogP contribution in [0.25, 0.3) is 11.3 Å². The molecule has 0 spiro atoms. The van der Waals surface area contributed by atoms with Crippen molar-refractivity contribution in [3.8, 4) is 11.3 Å². The summed E-state index contributed by atoms with van der Waals surface area (Å²) in [5.41, 5.74) is 1.83. The van der Waals surface area contributed by atoms with Crippen LogP contribution >= 0.6 is 11.3 Å². The Morgan fingerprint density at radius 3 is 2.42 bits per heavy atom. The molecule has 0 saturated heterocycles. The van der Waals surface area contributed by atoms with E-state index in [4.69, 9.17) is 0 Å². The molecule has 4 nitrogen and oxygen atoms in total. The van der Waals surface area contributed by atoms with Crippen molar-refractivity contribution in [2.75, 3.05) is 6.26 Å². The van der Waals surface area contributed by atoms with Crippen molar-refractivity contribution < 1.29 is 13.2 Å². The second kappa shape index (κ2) is 6.67. The van der Waals surface area contributed by atoms with Gasteiger partial charge in [0.15, 0.2) is 15.6 Å². The van der Waals surface area contributed by atoms with Crippen LogP contribution in [0.3, 0.4) is 0 Å². The number of nitrogens with zero attached hydrogens (tertiary/aromatic N) is 1. The van der Waals surface area contributed by atoms with Crippen molar-refractivity contribution >= 4 is 27.0 Å². The zero-order valence-corrected chi connectivity index (χ0v) is 14.6. The number of aromatic nitrogens is 1. The first-order valence-electron chi connectivity index (χ1n) is 7.26. The third-order valence-corrected chi connectivity index (χ3v) is 5.53. The molecule has 0 aliphatic rings. The van der Waals surface area contributed by atoms with Gasteiger partial charge >= 0.3 is 0 Å². The lowest BCUT2D eigenvalue weighted by molar-refractivity contribution is 0.0989. The van der Waals surface area contributed by atoms with Crippen LogP contribution in [-0.4, -0.2) is 25.4 Å². The number of pyridine rings is 1. The van der Waals surface area contributed by atoms with Crippen LogP contribution in [0.2, 0.25) is 0 Å². The van der Waals surface area contributed by atoms with Crippen LogP contribution in [-0.2, 0) is 16.3 Å². The molecule has 0 fully saturated rings. The molecule has 2 heterocycles. The average Bonchev–Trinajstić information content (AvgIpc) is 3.07. The molecule has 0 aliphatic carbocycles. The Morgan fingerprint density at radius 1 is 1.04 bits per heavy atom. The highest BCUT2D eigenvalue weighted by Crippen LogP contribution is 2.20. The van der Waals surface area contributed by atoms with Gasteiger partial charge in [-0.05, 0) is 35.7 Å². The molecule has 0 radical (unpaired) electrons. The first-order chi connectivity index (χ1) is 11.4. The third kappa shape index (κ3) is 3.77. The number of hydrogen-bond donors (Lipinski definition) is 0. The summed E-state index contributed by atoms with van der Waals surface area (Å²) in [5.74, 6) is -0.0351. The fourth-order valence-electron chi connectivity index (χ4n) is 2.29. The maximum absolute atomic E-state index is 12.3. The molecule has 0 N–H and O–H groups in total. The predicted octanol–water partition coefficient (Wildman–Crippen LogP) is 3.64. The van der Waals surface area contributed by atoms with E-state index in [1.165, 1.54) is 6.26 Å². The van der Waals surface area contributed by atoms with Gasteiger partial charge < -0.3 is 0 Å². The number of rotatable bonds is 5. The molecule has 0 atom stereocenters. The van der Waals surface area contributed by atoms with Gasteiger partial charge in [-0.2, -0.15) is 0 Å². The van der Waals surface area contributed by atoms with Crippen molar-refractivity contribution in [1.29, 1.82) is 0 Å². The average molecular weight is 357 g/mol. The fourth-order valence-corrected chi connectivity index (χ4v) is 3.62. The quantitative estimate of drug-likeness (QED) is 0.654. The van der Waals surface area contributed by atoms with Crippen molar-refractivity contribution in [2.24, 2.45) is 0 Å². The van der Waals surface area contributed by atoms with Crippen LogP contribution < -0.4 is 0 Å². The second-order valence-corrected chi connectivity index (χ2v) is 8.43. The van der Waals surface area contributed by atoms with Gasteiger partial charge in [0.25, 0.3) is 0 Å². The summed E-state index contributed by atoms with van der Waals surface area (Å²) in [7, 11) is -3.23. The smallest absolute Gasteiger partial charge is 0.186 e. The Balaban J connectivity index is 1.86. The van der Waals surface area contributed by atoms with Crippen LogP contribution in [0, 0.1) is 0 Å². The molecule has 122 valence electrons. The zero-order valence-electron chi connectivity index (χ0n) is 13.0. The number of Topliss-reactive ketones (excluding diaryl/α,β-unsaturated/α-hetero) is 1. The summed E-state index contributed by atoms with van der Waals surface area (Å²) >= 11 is 1.54. The number of carbonyl (C=O) groups is 1. The van der Waals surface area contributed by atoms with E-state index in [2.05, 4.69) is 4.98 Å². The van der Waals surface area contributed by atoms with Crippen molar-refractivity contribution in [1.82, 2.24) is 4.98 Å². The molecule has 3 rings (SSSR count). The fraction of sp³-hybridized carbons (Fsp3) is 0.111. The molecule has 24 heavy (non-hydrogen) atoms. The Hall–Kier alpha value is -2.31.